The zero-order valence-corrected chi connectivity index (χ0v) is 18.9. The summed E-state index contributed by atoms with van der Waals surface area (Å²) in [7, 11) is -3.26. The van der Waals surface area contributed by atoms with Gasteiger partial charge >= 0.3 is 23.1 Å². The maximum Gasteiger partial charge on any atom is 2.00 e. The zero-order chi connectivity index (χ0) is 16.4. The van der Waals surface area contributed by atoms with Crippen LogP contribution in [-0.4, -0.2) is 31.4 Å². The molecule has 124 valence electrons. The van der Waals surface area contributed by atoms with E-state index in [1.807, 2.05) is 93.6 Å². The quantitative estimate of drug-likeness (QED) is 0.375. The molecular weight excluding hydrogens is 401 g/mol. The van der Waals surface area contributed by atoms with E-state index in [4.69, 9.17) is 0 Å². The Bertz CT molecular complexity index is 740. The maximum absolute atomic E-state index is 14.5. The largest absolute Gasteiger partial charge is 2.00 e. The fourth-order valence-electron chi connectivity index (χ4n) is 3.34. The van der Waals surface area contributed by atoms with Crippen molar-refractivity contribution in [3.63, 3.8) is 0 Å². The van der Waals surface area contributed by atoms with Gasteiger partial charge in [-0.25, -0.2) is 0 Å². The van der Waals surface area contributed by atoms with Gasteiger partial charge in [-0.15, -0.1) is 0 Å². The number of hydrogen-bond donors (Lipinski definition) is 0. The van der Waals surface area contributed by atoms with Gasteiger partial charge in [0, 0.05) is 0 Å². The Kier molecular flexibility index (Phi) is 8.09. The van der Waals surface area contributed by atoms with Gasteiger partial charge in [-0.1, -0.05) is 105 Å². The molecule has 0 spiro atoms. The van der Waals surface area contributed by atoms with Gasteiger partial charge in [0.2, 0.25) is 0 Å². The molecule has 0 N–H and O–H groups in total. The molecule has 0 saturated heterocycles. The minimum atomic E-state index is -3.26. The van der Waals surface area contributed by atoms with E-state index in [0.717, 1.165) is 32.3 Å². The Morgan fingerprint density at radius 2 is 0.800 bits per heavy atom. The van der Waals surface area contributed by atoms with Gasteiger partial charge < -0.3 is 21.8 Å². The van der Waals surface area contributed by atoms with Gasteiger partial charge in [-0.05, 0) is 20.8 Å². The Morgan fingerprint density at radius 1 is 0.560 bits per heavy atom. The van der Waals surface area contributed by atoms with E-state index in [2.05, 4.69) is 0 Å². The first-order valence-electron chi connectivity index (χ1n) is 7.94. The van der Waals surface area contributed by atoms with Crippen molar-refractivity contribution in [3.8, 4) is 0 Å². The third-order valence-corrected chi connectivity index (χ3v) is 8.53. The predicted octanol–water partition coefficient (Wildman–Crippen LogP) is -1.44. The van der Waals surface area contributed by atoms with Crippen molar-refractivity contribution in [1.29, 1.82) is 0 Å². The van der Waals surface area contributed by atoms with Crippen LogP contribution in [0.25, 0.3) is 0 Å². The second-order valence-electron chi connectivity index (χ2n) is 6.13. The van der Waals surface area contributed by atoms with Crippen molar-refractivity contribution in [2.75, 3.05) is 0 Å². The van der Waals surface area contributed by atoms with E-state index in [9.17, 15) is 4.80 Å². The summed E-state index contributed by atoms with van der Waals surface area (Å²) < 4.78 is 0. The molecule has 3 aromatic carbocycles. The minimum absolute atomic E-state index is 0. The maximum atomic E-state index is 14.5. The second kappa shape index (κ2) is 9.15. The van der Waals surface area contributed by atoms with Gasteiger partial charge in [0.1, 0.15) is 0 Å². The van der Waals surface area contributed by atoms with Crippen LogP contribution in [-0.2, 0) is 0 Å². The summed E-state index contributed by atoms with van der Waals surface area (Å²) in [5.41, 5.74) is 3.25. The normalized spacial score (nSPS) is 10.6. The van der Waals surface area contributed by atoms with Crippen molar-refractivity contribution in [1.82, 2.24) is 0 Å². The molecule has 0 radical (unpaired) electrons. The third kappa shape index (κ3) is 4.09. The Hall–Kier alpha value is -0.917. The summed E-state index contributed by atoms with van der Waals surface area (Å²) in [6, 6.07) is 24.2. The number of benzene rings is 3. The Labute approximate surface area is 178 Å². The fraction of sp³-hybridized carbons (Fsp3) is 0.143. The van der Waals surface area contributed by atoms with Gasteiger partial charge in [-0.2, -0.15) is 0 Å². The van der Waals surface area contributed by atoms with Gasteiger partial charge in [0.25, 0.3) is 0 Å². The van der Waals surface area contributed by atoms with E-state index in [-0.39, 0.29) is 40.0 Å². The molecule has 4 heteroatoms. The first-order valence-corrected chi connectivity index (χ1v) is 9.84. The van der Waals surface area contributed by atoms with Crippen molar-refractivity contribution in [3.05, 3.63) is 89.5 Å². The van der Waals surface area contributed by atoms with Crippen LogP contribution in [0.1, 0.15) is 16.7 Å². The molecule has 1 nitrogen and oxygen atoms in total. The predicted molar refractivity (Wildman–Crippen MR) is 104 cm³/mol. The van der Waals surface area contributed by atoms with Crippen LogP contribution in [0, 0.1) is 20.8 Å². The van der Waals surface area contributed by atoms with Crippen LogP contribution in [0.2, 0.25) is 0 Å². The van der Waals surface area contributed by atoms with Crippen LogP contribution >= 0.6 is 0 Å². The van der Waals surface area contributed by atoms with Gasteiger partial charge in [0.05, 0.1) is 8.32 Å². The molecule has 0 unspecified atom stereocenters. The summed E-state index contributed by atoms with van der Waals surface area (Å²) in [5, 5.41) is 2.89. The van der Waals surface area contributed by atoms with E-state index in [1.165, 1.54) is 0 Å². The number of hydrogen-bond acceptors (Lipinski definition) is 1. The van der Waals surface area contributed by atoms with Gasteiger partial charge in [0.15, 0.2) is 0 Å². The van der Waals surface area contributed by atoms with Crippen molar-refractivity contribution >= 4 is 46.9 Å². The topological polar surface area (TPSA) is 23.1 Å². The Balaban J connectivity index is 0.00000156. The standard InChI is InChI=1S/C21H21OSi.BrH.Mg/c1-16-10-4-7-13-19(16)23(22,20-14-8-5-11-17(20)2)21-15-9-6-12-18(21)3;;/h4-15H,1-3H3;1H;/q-1;;+2/p-1. The molecule has 0 bridgehead atoms. The fourth-order valence-corrected chi connectivity index (χ4v) is 7.12. The zero-order valence-electron chi connectivity index (χ0n) is 14.9. The first kappa shape index (κ1) is 22.1. The Morgan fingerprint density at radius 3 is 1.04 bits per heavy atom. The molecule has 0 aliphatic rings. The molecule has 0 amide bonds. The number of halogens is 1. The van der Waals surface area contributed by atoms with Crippen LogP contribution in [0.3, 0.4) is 0 Å². The summed E-state index contributed by atoms with van der Waals surface area (Å²) in [4.78, 5) is 14.5. The molecule has 0 atom stereocenters. The van der Waals surface area contributed by atoms with E-state index < -0.39 is 8.32 Å². The SMILES string of the molecule is Cc1ccccc1[Si]([O-])(c1ccccc1C)c1ccccc1C.[Br-].[Mg+2]. The molecule has 0 aliphatic heterocycles. The van der Waals surface area contributed by atoms with Crippen LogP contribution in [0.5, 0.6) is 0 Å². The molecule has 0 aliphatic carbocycles. The van der Waals surface area contributed by atoms with E-state index >= 15 is 0 Å². The molecule has 0 aromatic heterocycles. The third-order valence-electron chi connectivity index (χ3n) is 4.57. The summed E-state index contributed by atoms with van der Waals surface area (Å²) in [5.74, 6) is 0. The van der Waals surface area contributed by atoms with Crippen LogP contribution < -0.4 is 37.3 Å². The summed E-state index contributed by atoms with van der Waals surface area (Å²) >= 11 is 0. The second-order valence-corrected chi connectivity index (χ2v) is 9.10. The van der Waals surface area contributed by atoms with Gasteiger partial charge in [-0.3, -0.25) is 0 Å². The monoisotopic (exact) mass is 420 g/mol. The van der Waals surface area contributed by atoms with Crippen LogP contribution in [0.4, 0.5) is 0 Å². The average molecular weight is 422 g/mol. The van der Waals surface area contributed by atoms with E-state index in [1.54, 1.807) is 0 Å². The summed E-state index contributed by atoms with van der Waals surface area (Å²) in [6.45, 7) is 6.14. The van der Waals surface area contributed by atoms with Crippen LogP contribution in [0.15, 0.2) is 72.8 Å². The molecule has 0 fully saturated rings. The van der Waals surface area contributed by atoms with Crippen molar-refractivity contribution in [2.45, 2.75) is 20.8 Å². The molecule has 0 heterocycles. The average Bonchev–Trinajstić information content (AvgIpc) is 2.55. The van der Waals surface area contributed by atoms with Crippen molar-refractivity contribution in [2.24, 2.45) is 0 Å². The number of aryl methyl sites for hydroxylation is 3. The minimum Gasteiger partial charge on any atom is -1.00 e. The smallest absolute Gasteiger partial charge is 1.00 e. The van der Waals surface area contributed by atoms with E-state index in [0.29, 0.717) is 0 Å². The molecule has 3 rings (SSSR count). The summed E-state index contributed by atoms with van der Waals surface area (Å²) in [6.07, 6.45) is 0. The first-order chi connectivity index (χ1) is 11.0. The molecule has 0 saturated carbocycles. The number of rotatable bonds is 3. The molecule has 3 aromatic rings. The molecule has 25 heavy (non-hydrogen) atoms. The molecular formula is C21H21BrMgOSi. The van der Waals surface area contributed by atoms with Crippen molar-refractivity contribution < 1.29 is 21.8 Å².